The van der Waals surface area contributed by atoms with Crippen LogP contribution >= 0.6 is 11.8 Å². The highest BCUT2D eigenvalue weighted by Gasteiger charge is 2.33. The van der Waals surface area contributed by atoms with Crippen molar-refractivity contribution in [3.8, 4) is 0 Å². The fourth-order valence-electron chi connectivity index (χ4n) is 3.60. The van der Waals surface area contributed by atoms with E-state index in [4.69, 9.17) is 0 Å². The molecule has 1 unspecified atom stereocenters. The Kier molecular flexibility index (Phi) is 6.37. The fourth-order valence-corrected chi connectivity index (χ4v) is 4.75. The summed E-state index contributed by atoms with van der Waals surface area (Å²) in [5.41, 5.74) is 2.07. The fraction of sp³-hybridized carbons (Fsp3) is 0.200. The number of anilines is 1. The molecule has 0 fully saturated rings. The zero-order chi connectivity index (χ0) is 22.7. The van der Waals surface area contributed by atoms with Gasteiger partial charge in [-0.15, -0.1) is 11.8 Å². The molecule has 0 bridgehead atoms. The molecule has 0 saturated carbocycles. The van der Waals surface area contributed by atoms with E-state index >= 15 is 0 Å². The van der Waals surface area contributed by atoms with E-state index in [-0.39, 0.29) is 11.7 Å². The van der Waals surface area contributed by atoms with Crippen molar-refractivity contribution >= 4 is 29.1 Å². The van der Waals surface area contributed by atoms with Crippen LogP contribution in [0.3, 0.4) is 0 Å². The van der Waals surface area contributed by atoms with Gasteiger partial charge in [0.15, 0.2) is 5.78 Å². The molecule has 164 valence electrons. The van der Waals surface area contributed by atoms with Crippen molar-refractivity contribution in [3.63, 3.8) is 0 Å². The van der Waals surface area contributed by atoms with Gasteiger partial charge in [0.25, 0.3) is 0 Å². The van der Waals surface area contributed by atoms with E-state index in [1.807, 2.05) is 24.3 Å². The van der Waals surface area contributed by atoms with Crippen LogP contribution in [0.4, 0.5) is 18.9 Å². The highest BCUT2D eigenvalue weighted by atomic mass is 32.2. The molecule has 1 N–H and O–H groups in total. The molecule has 1 aliphatic rings. The smallest absolute Gasteiger partial charge is 0.325 e. The number of carbonyl (C=O) groups excluding carboxylic acids is 2. The van der Waals surface area contributed by atoms with Crippen LogP contribution in [0.2, 0.25) is 0 Å². The van der Waals surface area contributed by atoms with Gasteiger partial charge >= 0.3 is 6.18 Å². The van der Waals surface area contributed by atoms with Crippen LogP contribution in [-0.2, 0) is 23.8 Å². The van der Waals surface area contributed by atoms with Crippen molar-refractivity contribution in [1.29, 1.82) is 0 Å². The highest BCUT2D eigenvalue weighted by Crippen LogP contribution is 2.33. The van der Waals surface area contributed by atoms with Crippen LogP contribution in [0.1, 0.15) is 27.0 Å². The van der Waals surface area contributed by atoms with Gasteiger partial charge in [0.2, 0.25) is 5.91 Å². The molecular formula is C25H20F3NO2S. The van der Waals surface area contributed by atoms with Gasteiger partial charge in [-0.3, -0.25) is 9.59 Å². The number of halogens is 3. The number of rotatable bonds is 5. The first-order valence-electron chi connectivity index (χ1n) is 10.1. The topological polar surface area (TPSA) is 46.2 Å². The lowest BCUT2D eigenvalue weighted by atomic mass is 9.97. The van der Waals surface area contributed by atoms with Gasteiger partial charge in [0.05, 0.1) is 5.56 Å². The molecule has 3 nitrogen and oxygen atoms in total. The number of ketones is 1. The zero-order valence-corrected chi connectivity index (χ0v) is 17.8. The van der Waals surface area contributed by atoms with Crippen LogP contribution < -0.4 is 5.32 Å². The maximum Gasteiger partial charge on any atom is 0.416 e. The number of hydrogen-bond donors (Lipinski definition) is 1. The Bertz CT molecular complexity index is 1140. The number of alkyl halides is 3. The predicted molar refractivity (Wildman–Crippen MR) is 119 cm³/mol. The van der Waals surface area contributed by atoms with E-state index in [0.29, 0.717) is 35.4 Å². The first-order valence-corrected chi connectivity index (χ1v) is 11.1. The summed E-state index contributed by atoms with van der Waals surface area (Å²) < 4.78 is 38.6. The lowest BCUT2D eigenvalue weighted by Gasteiger charge is -2.22. The Balaban J connectivity index is 1.35. The van der Waals surface area contributed by atoms with E-state index in [9.17, 15) is 22.8 Å². The van der Waals surface area contributed by atoms with Gasteiger partial charge in [-0.05, 0) is 48.2 Å². The van der Waals surface area contributed by atoms with Crippen LogP contribution in [0.25, 0.3) is 0 Å². The Morgan fingerprint density at radius 3 is 2.41 bits per heavy atom. The third-order valence-corrected chi connectivity index (χ3v) is 6.54. The van der Waals surface area contributed by atoms with E-state index in [1.54, 1.807) is 30.3 Å². The first-order chi connectivity index (χ1) is 15.3. The minimum atomic E-state index is -4.35. The van der Waals surface area contributed by atoms with Gasteiger partial charge in [-0.1, -0.05) is 48.5 Å². The van der Waals surface area contributed by atoms with E-state index < -0.39 is 17.7 Å². The molecule has 1 amide bonds. The van der Waals surface area contributed by atoms with Gasteiger partial charge < -0.3 is 5.32 Å². The molecule has 1 aliphatic heterocycles. The van der Waals surface area contributed by atoms with Crippen LogP contribution in [-0.4, -0.2) is 17.4 Å². The maximum atomic E-state index is 12.9. The Morgan fingerprint density at radius 2 is 1.66 bits per heavy atom. The number of amides is 1. The van der Waals surface area contributed by atoms with Crippen LogP contribution in [0.5, 0.6) is 0 Å². The number of Topliss-reactive ketones (excluding diaryl/α,β-unsaturated/α-hetero) is 1. The molecule has 3 aromatic rings. The molecule has 0 spiro atoms. The summed E-state index contributed by atoms with van der Waals surface area (Å²) in [6, 6.07) is 19.8. The van der Waals surface area contributed by atoms with Gasteiger partial charge in [-0.25, -0.2) is 0 Å². The summed E-state index contributed by atoms with van der Waals surface area (Å²) >= 11 is 1.50. The van der Waals surface area contributed by atoms with E-state index in [1.165, 1.54) is 23.9 Å². The van der Waals surface area contributed by atoms with Gasteiger partial charge in [0, 0.05) is 21.9 Å². The Hall–Kier alpha value is -3.06. The molecule has 3 aromatic carbocycles. The maximum absolute atomic E-state index is 12.9. The van der Waals surface area contributed by atoms with E-state index in [2.05, 4.69) is 5.32 Å². The van der Waals surface area contributed by atoms with Crippen molar-refractivity contribution in [2.45, 2.75) is 23.9 Å². The quantitative estimate of drug-likeness (QED) is 0.478. The second-order valence-corrected chi connectivity index (χ2v) is 8.67. The minimum Gasteiger partial charge on any atom is -0.325 e. The number of aryl methyl sites for hydroxylation is 2. The van der Waals surface area contributed by atoms with Crippen molar-refractivity contribution < 1.29 is 22.8 Å². The number of thioether (sulfide) groups is 1. The molecule has 0 saturated heterocycles. The van der Waals surface area contributed by atoms with Gasteiger partial charge in [-0.2, -0.15) is 13.2 Å². The molecule has 32 heavy (non-hydrogen) atoms. The Morgan fingerprint density at radius 1 is 0.938 bits per heavy atom. The molecular weight excluding hydrogens is 435 g/mol. The molecule has 1 atom stereocenters. The number of carbonyl (C=O) groups is 2. The van der Waals surface area contributed by atoms with Gasteiger partial charge in [0.1, 0.15) is 5.92 Å². The molecule has 0 aliphatic carbocycles. The number of fused-ring (bicyclic) bond motifs is 1. The number of benzene rings is 3. The van der Waals surface area contributed by atoms with Crippen molar-refractivity contribution in [1.82, 2.24) is 0 Å². The highest BCUT2D eigenvalue weighted by molar-refractivity contribution is 7.99. The molecule has 0 radical (unpaired) electrons. The average Bonchev–Trinajstić information content (AvgIpc) is 2.78. The third kappa shape index (κ3) is 5.05. The number of hydrogen-bond acceptors (Lipinski definition) is 3. The monoisotopic (exact) mass is 455 g/mol. The summed E-state index contributed by atoms with van der Waals surface area (Å²) in [7, 11) is 0. The van der Waals surface area contributed by atoms with E-state index in [0.717, 1.165) is 16.5 Å². The first kappa shape index (κ1) is 22.1. The minimum absolute atomic E-state index is 0.172. The lowest BCUT2D eigenvalue weighted by molar-refractivity contribution is -0.137. The lowest BCUT2D eigenvalue weighted by Crippen LogP contribution is -2.34. The molecule has 0 aromatic heterocycles. The summed E-state index contributed by atoms with van der Waals surface area (Å²) in [5.74, 6) is -0.852. The van der Waals surface area contributed by atoms with Crippen molar-refractivity contribution in [3.05, 3.63) is 95.1 Å². The number of nitrogens with one attached hydrogen (secondary N) is 1. The Labute approximate surface area is 188 Å². The molecule has 7 heteroatoms. The summed E-state index contributed by atoms with van der Waals surface area (Å²) in [6.07, 6.45) is -3.30. The standard InChI is InChI=1S/C25H20F3NO2S/c26-25(27,28)18-5-3-4-17(14-18)9-8-16-10-12-19(13-11-16)29-24(31)21-15-32-22-7-2-1-6-20(22)23(21)30/h1-7,10-14,21H,8-9,15H2,(H,29,31). The predicted octanol–water partition coefficient (Wildman–Crippen LogP) is 6.03. The van der Waals surface area contributed by atoms with Crippen LogP contribution in [0, 0.1) is 5.92 Å². The average molecular weight is 456 g/mol. The van der Waals surface area contributed by atoms with Crippen molar-refractivity contribution in [2.24, 2.45) is 5.92 Å². The van der Waals surface area contributed by atoms with Crippen molar-refractivity contribution in [2.75, 3.05) is 11.1 Å². The molecule has 1 heterocycles. The SMILES string of the molecule is O=C(Nc1ccc(CCc2cccc(C(F)(F)F)c2)cc1)C1CSc2ccccc2C1=O. The van der Waals surface area contributed by atoms with Crippen LogP contribution in [0.15, 0.2) is 77.7 Å². The second kappa shape index (κ2) is 9.20. The second-order valence-electron chi connectivity index (χ2n) is 7.61. The summed E-state index contributed by atoms with van der Waals surface area (Å²) in [4.78, 5) is 26.2. The zero-order valence-electron chi connectivity index (χ0n) is 17.0. The summed E-state index contributed by atoms with van der Waals surface area (Å²) in [5, 5.41) is 2.80. The summed E-state index contributed by atoms with van der Waals surface area (Å²) in [6.45, 7) is 0. The largest absolute Gasteiger partial charge is 0.416 e. The normalized spacial score (nSPS) is 15.8. The third-order valence-electron chi connectivity index (χ3n) is 5.37. The molecule has 4 rings (SSSR count).